The van der Waals surface area contributed by atoms with E-state index in [-0.39, 0.29) is 5.91 Å². The molecule has 3 N–H and O–H groups in total. The van der Waals surface area contributed by atoms with Crippen LogP contribution in [-0.2, 0) is 10.3 Å². The predicted octanol–water partition coefficient (Wildman–Crippen LogP) is 6.21. The quantitative estimate of drug-likeness (QED) is 0.201. The number of carbonyl (C=O) groups is 1. The van der Waals surface area contributed by atoms with Crippen molar-refractivity contribution in [2.45, 2.75) is 69.9 Å². The third kappa shape index (κ3) is 5.46. The minimum atomic E-state index is -1.10. The van der Waals surface area contributed by atoms with Crippen molar-refractivity contribution in [2.75, 3.05) is 0 Å². The molecule has 42 heavy (non-hydrogen) atoms. The van der Waals surface area contributed by atoms with Gasteiger partial charge in [-0.2, -0.15) is 5.10 Å². The Morgan fingerprint density at radius 2 is 1.93 bits per heavy atom. The van der Waals surface area contributed by atoms with Crippen molar-refractivity contribution < 1.29 is 14.3 Å². The minimum Gasteiger partial charge on any atom is -0.355 e. The summed E-state index contributed by atoms with van der Waals surface area (Å²) < 4.78 is 14.2. The van der Waals surface area contributed by atoms with Crippen LogP contribution in [0.2, 0.25) is 0 Å². The van der Waals surface area contributed by atoms with E-state index >= 15 is 0 Å². The van der Waals surface area contributed by atoms with E-state index in [1.54, 1.807) is 11.1 Å². The number of nitrogens with one attached hydrogen (secondary N) is 2. The van der Waals surface area contributed by atoms with Gasteiger partial charge in [0, 0.05) is 29.0 Å². The van der Waals surface area contributed by atoms with Crippen LogP contribution in [0.3, 0.4) is 0 Å². The molecular formula is C34H36FN5O2. The topological polar surface area (TPSA) is 89.8 Å². The van der Waals surface area contributed by atoms with Gasteiger partial charge in [0.15, 0.2) is 5.84 Å². The lowest BCUT2D eigenvalue weighted by Crippen LogP contribution is -2.50. The first-order valence-electron chi connectivity index (χ1n) is 14.8. The molecule has 0 spiro atoms. The van der Waals surface area contributed by atoms with E-state index in [1.165, 1.54) is 12.2 Å². The van der Waals surface area contributed by atoms with Gasteiger partial charge in [-0.05, 0) is 55.0 Å². The second-order valence-electron chi connectivity index (χ2n) is 11.2. The number of nitrogens with zero attached hydrogens (tertiary/aromatic N) is 3. The van der Waals surface area contributed by atoms with Crippen LogP contribution in [0.15, 0.2) is 84.1 Å². The lowest BCUT2D eigenvalue weighted by molar-refractivity contribution is -0.119. The number of aliphatic hydroxyl groups is 1. The van der Waals surface area contributed by atoms with Crippen LogP contribution in [0.25, 0.3) is 28.5 Å². The Morgan fingerprint density at radius 3 is 2.64 bits per heavy atom. The molecule has 7 nitrogen and oxygen atoms in total. The molecule has 0 saturated heterocycles. The van der Waals surface area contributed by atoms with E-state index in [1.807, 2.05) is 24.3 Å². The summed E-state index contributed by atoms with van der Waals surface area (Å²) in [6.45, 7) is 2.09. The number of carbonyl (C=O) groups excluding carboxylic acids is 1. The zero-order valence-electron chi connectivity index (χ0n) is 23.8. The molecule has 2 aliphatic heterocycles. The second kappa shape index (κ2) is 11.9. The van der Waals surface area contributed by atoms with Gasteiger partial charge in [0.05, 0.1) is 16.9 Å². The van der Waals surface area contributed by atoms with Crippen LogP contribution in [0.1, 0.15) is 68.7 Å². The van der Waals surface area contributed by atoms with E-state index in [2.05, 4.69) is 65.2 Å². The highest BCUT2D eigenvalue weighted by Gasteiger charge is 2.39. The number of benzene rings is 2. The number of pyridine rings is 1. The van der Waals surface area contributed by atoms with Crippen molar-refractivity contribution in [1.29, 1.82) is 0 Å². The molecule has 0 radical (unpaired) electrons. The number of rotatable bonds is 10. The largest absolute Gasteiger partial charge is 0.355 e. The Bertz CT molecular complexity index is 1530. The smallest absolute Gasteiger partial charge is 0.244 e. The summed E-state index contributed by atoms with van der Waals surface area (Å²) in [5.74, 6) is 0.373. The number of allylic oxidation sites excluding steroid dienone is 1. The summed E-state index contributed by atoms with van der Waals surface area (Å²) >= 11 is 0. The Balaban J connectivity index is 1.27. The van der Waals surface area contributed by atoms with Crippen molar-refractivity contribution in [1.82, 2.24) is 20.6 Å². The molecule has 3 heterocycles. The number of aromatic nitrogens is 1. The zero-order valence-corrected chi connectivity index (χ0v) is 23.8. The van der Waals surface area contributed by atoms with Gasteiger partial charge in [-0.1, -0.05) is 80.8 Å². The standard InChI is InChI=1S/C34H36FN5O2/c1-2-3-5-11-26(35)16-17-30(41)37-34(19-8-20-34)25-14-12-24(13-15-25)31-27(23-9-6-4-7-10-23)22-28-29(36-31)18-21-40-32(28)38-39-33(40)42/h4,6-7,9-10,12-18,21-22,26,33,39,42H,2-3,5,8,11,19-20H2,1H3,(H,37,41)/b17-16+. The van der Waals surface area contributed by atoms with Gasteiger partial charge >= 0.3 is 0 Å². The molecule has 2 atom stereocenters. The fraction of sp³-hybridized carbons (Fsp3) is 0.324. The molecule has 216 valence electrons. The maximum atomic E-state index is 14.2. The normalized spacial score (nSPS) is 19.0. The summed E-state index contributed by atoms with van der Waals surface area (Å²) in [5, 5.41) is 17.7. The Kier molecular flexibility index (Phi) is 7.89. The number of hydrazone groups is 1. The zero-order chi connectivity index (χ0) is 29.1. The third-order valence-corrected chi connectivity index (χ3v) is 8.39. The minimum absolute atomic E-state index is 0.255. The third-order valence-electron chi connectivity index (χ3n) is 8.39. The first-order valence-corrected chi connectivity index (χ1v) is 14.8. The molecule has 0 bridgehead atoms. The van der Waals surface area contributed by atoms with Crippen LogP contribution >= 0.6 is 0 Å². The summed E-state index contributed by atoms with van der Waals surface area (Å²) in [7, 11) is 0. The van der Waals surface area contributed by atoms with Crippen LogP contribution in [0, 0.1) is 0 Å². The lowest BCUT2D eigenvalue weighted by Gasteiger charge is -2.43. The molecule has 3 aliphatic rings. The molecule has 1 amide bonds. The summed E-state index contributed by atoms with van der Waals surface area (Å²) in [4.78, 5) is 19.5. The maximum absolute atomic E-state index is 14.2. The number of aliphatic hydroxyl groups excluding tert-OH is 1. The van der Waals surface area contributed by atoms with E-state index in [9.17, 15) is 14.3 Å². The van der Waals surface area contributed by atoms with Gasteiger partial charge in [0.2, 0.25) is 12.3 Å². The average molecular weight is 566 g/mol. The summed E-state index contributed by atoms with van der Waals surface area (Å²) in [5.41, 5.74) is 8.69. The summed E-state index contributed by atoms with van der Waals surface area (Å²) in [6, 6.07) is 20.4. The van der Waals surface area contributed by atoms with Crippen molar-refractivity contribution >= 4 is 17.8 Å². The molecular weight excluding hydrogens is 529 g/mol. The number of unbranched alkanes of at least 4 members (excludes halogenated alkanes) is 2. The Labute approximate surface area is 245 Å². The highest BCUT2D eigenvalue weighted by Crippen LogP contribution is 2.42. The molecule has 3 aromatic rings. The number of amides is 1. The number of alkyl halides is 1. The van der Waals surface area contributed by atoms with Crippen LogP contribution < -0.4 is 10.7 Å². The molecule has 2 aromatic carbocycles. The van der Waals surface area contributed by atoms with Gasteiger partial charge in [-0.3, -0.25) is 15.1 Å². The SMILES string of the molecule is CCCCCC(F)/C=C/C(=O)NC1(c2ccc(-c3nc4c(cc3-c3ccccc3)C3=NNC(O)N3C=C4)cc2)CCC1. The van der Waals surface area contributed by atoms with Crippen LogP contribution in [0.4, 0.5) is 4.39 Å². The van der Waals surface area contributed by atoms with E-state index < -0.39 is 18.1 Å². The van der Waals surface area contributed by atoms with E-state index in [0.29, 0.717) is 12.3 Å². The molecule has 1 saturated carbocycles. The number of amidine groups is 1. The molecule has 1 aliphatic carbocycles. The van der Waals surface area contributed by atoms with Crippen molar-refractivity contribution in [3.8, 4) is 22.4 Å². The van der Waals surface area contributed by atoms with Crippen LogP contribution in [-0.4, -0.2) is 39.3 Å². The molecule has 1 aromatic heterocycles. The first kappa shape index (κ1) is 27.8. The maximum Gasteiger partial charge on any atom is 0.244 e. The molecule has 8 heteroatoms. The van der Waals surface area contributed by atoms with Gasteiger partial charge < -0.3 is 10.4 Å². The Hall–Kier alpha value is -4.30. The predicted molar refractivity (Wildman–Crippen MR) is 164 cm³/mol. The highest BCUT2D eigenvalue weighted by molar-refractivity contribution is 6.06. The van der Waals surface area contributed by atoms with E-state index in [4.69, 9.17) is 4.98 Å². The van der Waals surface area contributed by atoms with Crippen molar-refractivity contribution in [2.24, 2.45) is 5.10 Å². The number of hydrogen-bond donors (Lipinski definition) is 3. The molecule has 1 fully saturated rings. The second-order valence-corrected chi connectivity index (χ2v) is 11.2. The number of fused-ring (bicyclic) bond motifs is 3. The van der Waals surface area contributed by atoms with E-state index in [0.717, 1.165) is 77.7 Å². The fourth-order valence-corrected chi connectivity index (χ4v) is 5.87. The van der Waals surface area contributed by atoms with Gasteiger partial charge in [-0.15, -0.1) is 0 Å². The molecule has 6 rings (SSSR count). The summed E-state index contributed by atoms with van der Waals surface area (Å²) in [6.07, 6.45) is 10.4. The number of hydrogen-bond acceptors (Lipinski definition) is 6. The monoisotopic (exact) mass is 565 g/mol. The van der Waals surface area contributed by atoms with Gasteiger partial charge in [0.1, 0.15) is 6.17 Å². The number of halogens is 1. The highest BCUT2D eigenvalue weighted by atomic mass is 19.1. The van der Waals surface area contributed by atoms with Crippen molar-refractivity contribution in [3.05, 3.63) is 95.8 Å². The van der Waals surface area contributed by atoms with Crippen molar-refractivity contribution in [3.63, 3.8) is 0 Å². The first-order chi connectivity index (χ1) is 20.5. The Morgan fingerprint density at radius 1 is 1.14 bits per heavy atom. The van der Waals surface area contributed by atoms with Gasteiger partial charge in [-0.25, -0.2) is 9.37 Å². The van der Waals surface area contributed by atoms with Gasteiger partial charge in [0.25, 0.3) is 0 Å². The average Bonchev–Trinajstić information content (AvgIpc) is 3.39. The van der Waals surface area contributed by atoms with Crippen LogP contribution in [0.5, 0.6) is 0 Å². The fourth-order valence-electron chi connectivity index (χ4n) is 5.87. The lowest BCUT2D eigenvalue weighted by atomic mass is 9.71. The molecule has 2 unspecified atom stereocenters.